The lowest BCUT2D eigenvalue weighted by atomic mass is 10.2. The van der Waals surface area contributed by atoms with Crippen LogP contribution in [0.25, 0.3) is 0 Å². The van der Waals surface area contributed by atoms with Gasteiger partial charge in [0.1, 0.15) is 5.75 Å². The van der Waals surface area contributed by atoms with Gasteiger partial charge in [-0.05, 0) is 19.1 Å². The van der Waals surface area contributed by atoms with Crippen molar-refractivity contribution in [2.75, 3.05) is 12.4 Å². The van der Waals surface area contributed by atoms with Crippen LogP contribution in [0.4, 0.5) is 5.69 Å². The Morgan fingerprint density at radius 2 is 2.14 bits per heavy atom. The van der Waals surface area contributed by atoms with Crippen molar-refractivity contribution in [2.24, 2.45) is 0 Å². The molecule has 0 spiro atoms. The Morgan fingerprint density at radius 1 is 1.50 bits per heavy atom. The number of aliphatic carboxylic acids is 1. The maximum Gasteiger partial charge on any atom is 0.141 e. The summed E-state index contributed by atoms with van der Waals surface area (Å²) in [6.07, 6.45) is 0. The van der Waals surface area contributed by atoms with E-state index in [4.69, 9.17) is 4.74 Å². The van der Waals surface area contributed by atoms with Gasteiger partial charge in [-0.25, -0.2) is 0 Å². The zero-order chi connectivity index (χ0) is 10.6. The Hall–Kier alpha value is -1.71. The molecule has 1 N–H and O–H groups in total. The molecule has 0 aliphatic carbocycles. The van der Waals surface area contributed by atoms with E-state index in [1.54, 1.807) is 18.2 Å². The minimum atomic E-state index is -1.14. The van der Waals surface area contributed by atoms with Crippen LogP contribution in [0.2, 0.25) is 0 Å². The molecule has 14 heavy (non-hydrogen) atoms. The van der Waals surface area contributed by atoms with Gasteiger partial charge >= 0.3 is 0 Å². The van der Waals surface area contributed by atoms with Crippen molar-refractivity contribution in [1.29, 1.82) is 0 Å². The number of anilines is 1. The second kappa shape index (κ2) is 4.50. The standard InChI is InChI=1S/C10H13NO3/c1-7(10(12)13)11-8-5-3-4-6-9(8)14-2/h3-7,11H,1-2H3,(H,12,13)/p-1/t7-/m1/s1. The number of carboxylic acid groups (broad SMARTS) is 1. The molecule has 0 aliphatic heterocycles. The Labute approximate surface area is 82.5 Å². The zero-order valence-electron chi connectivity index (χ0n) is 8.11. The van der Waals surface area contributed by atoms with Crippen LogP contribution >= 0.6 is 0 Å². The first-order valence-corrected chi connectivity index (χ1v) is 4.25. The molecule has 1 rings (SSSR count). The van der Waals surface area contributed by atoms with E-state index in [0.29, 0.717) is 11.4 Å². The molecular weight excluding hydrogens is 182 g/mol. The molecule has 0 unspecified atom stereocenters. The van der Waals surface area contributed by atoms with Crippen LogP contribution in [0.1, 0.15) is 6.92 Å². The third kappa shape index (κ3) is 2.39. The van der Waals surface area contributed by atoms with E-state index in [2.05, 4.69) is 5.32 Å². The fourth-order valence-electron chi connectivity index (χ4n) is 1.06. The minimum Gasteiger partial charge on any atom is -0.548 e. The number of carbonyl (C=O) groups is 1. The first-order chi connectivity index (χ1) is 6.65. The normalized spacial score (nSPS) is 11.9. The van der Waals surface area contributed by atoms with Crippen LogP contribution in [-0.4, -0.2) is 19.1 Å². The number of methoxy groups -OCH3 is 1. The quantitative estimate of drug-likeness (QED) is 0.746. The van der Waals surface area contributed by atoms with Crippen molar-refractivity contribution in [2.45, 2.75) is 13.0 Å². The highest BCUT2D eigenvalue weighted by molar-refractivity contribution is 5.75. The van der Waals surface area contributed by atoms with E-state index in [-0.39, 0.29) is 0 Å². The molecule has 0 saturated heterocycles. The van der Waals surface area contributed by atoms with E-state index in [9.17, 15) is 9.90 Å². The summed E-state index contributed by atoms with van der Waals surface area (Å²) in [4.78, 5) is 10.5. The molecule has 0 aromatic heterocycles. The SMILES string of the molecule is COc1ccccc1N[C@H](C)C(=O)[O-]. The summed E-state index contributed by atoms with van der Waals surface area (Å²) < 4.78 is 5.05. The summed E-state index contributed by atoms with van der Waals surface area (Å²) in [6.45, 7) is 1.52. The smallest absolute Gasteiger partial charge is 0.141 e. The molecule has 4 nitrogen and oxygen atoms in total. The predicted octanol–water partition coefficient (Wildman–Crippen LogP) is 0.245. The molecule has 4 heteroatoms. The van der Waals surface area contributed by atoms with E-state index in [1.165, 1.54) is 14.0 Å². The summed E-state index contributed by atoms with van der Waals surface area (Å²) in [5.74, 6) is -0.531. The minimum absolute atomic E-state index is 0.612. The van der Waals surface area contributed by atoms with E-state index >= 15 is 0 Å². The first-order valence-electron chi connectivity index (χ1n) is 4.25. The van der Waals surface area contributed by atoms with Gasteiger partial charge in [-0.1, -0.05) is 12.1 Å². The number of ether oxygens (including phenoxy) is 1. The molecule has 0 bridgehead atoms. The average Bonchev–Trinajstić information content (AvgIpc) is 2.18. The van der Waals surface area contributed by atoms with E-state index in [0.717, 1.165) is 0 Å². The summed E-state index contributed by atoms with van der Waals surface area (Å²) in [6, 6.07) is 6.37. The highest BCUT2D eigenvalue weighted by Gasteiger charge is 2.05. The number of para-hydroxylation sites is 2. The number of rotatable bonds is 4. The van der Waals surface area contributed by atoms with Crippen LogP contribution in [0.15, 0.2) is 24.3 Å². The second-order valence-corrected chi connectivity index (χ2v) is 2.89. The van der Waals surface area contributed by atoms with Crippen LogP contribution in [0.3, 0.4) is 0 Å². The van der Waals surface area contributed by atoms with Crippen LogP contribution in [0.5, 0.6) is 5.75 Å². The molecule has 0 fully saturated rings. The van der Waals surface area contributed by atoms with Gasteiger partial charge in [0.25, 0.3) is 0 Å². The second-order valence-electron chi connectivity index (χ2n) is 2.89. The van der Waals surface area contributed by atoms with Gasteiger partial charge in [-0.2, -0.15) is 0 Å². The number of benzene rings is 1. The highest BCUT2D eigenvalue weighted by atomic mass is 16.5. The van der Waals surface area contributed by atoms with Crippen molar-refractivity contribution in [3.05, 3.63) is 24.3 Å². The number of carboxylic acids is 1. The molecule has 0 aliphatic rings. The Balaban J connectivity index is 2.80. The van der Waals surface area contributed by atoms with Gasteiger partial charge in [-0.3, -0.25) is 0 Å². The zero-order valence-corrected chi connectivity index (χ0v) is 8.11. The third-order valence-corrected chi connectivity index (χ3v) is 1.83. The topological polar surface area (TPSA) is 61.4 Å². The predicted molar refractivity (Wildman–Crippen MR) is 51.1 cm³/mol. The van der Waals surface area contributed by atoms with Gasteiger partial charge in [0, 0.05) is 0 Å². The largest absolute Gasteiger partial charge is 0.548 e. The van der Waals surface area contributed by atoms with Gasteiger partial charge in [0.2, 0.25) is 0 Å². The lowest BCUT2D eigenvalue weighted by molar-refractivity contribution is -0.306. The van der Waals surface area contributed by atoms with Crippen molar-refractivity contribution in [1.82, 2.24) is 0 Å². The molecule has 1 aromatic carbocycles. The Bertz CT molecular complexity index is 325. The van der Waals surface area contributed by atoms with Crippen LogP contribution in [0, 0.1) is 0 Å². The number of nitrogens with one attached hydrogen (secondary N) is 1. The Kier molecular flexibility index (Phi) is 3.34. The lowest BCUT2D eigenvalue weighted by Gasteiger charge is -2.17. The van der Waals surface area contributed by atoms with Crippen LogP contribution in [-0.2, 0) is 4.79 Å². The monoisotopic (exact) mass is 194 g/mol. The summed E-state index contributed by atoms with van der Waals surface area (Å²) in [7, 11) is 1.53. The van der Waals surface area contributed by atoms with Crippen molar-refractivity contribution >= 4 is 11.7 Å². The highest BCUT2D eigenvalue weighted by Crippen LogP contribution is 2.23. The average molecular weight is 194 g/mol. The molecule has 0 radical (unpaired) electrons. The maximum absolute atomic E-state index is 10.5. The van der Waals surface area contributed by atoms with E-state index < -0.39 is 12.0 Å². The van der Waals surface area contributed by atoms with Crippen molar-refractivity contribution in [3.63, 3.8) is 0 Å². The van der Waals surface area contributed by atoms with Crippen molar-refractivity contribution < 1.29 is 14.6 Å². The molecule has 1 atom stereocenters. The fraction of sp³-hybridized carbons (Fsp3) is 0.300. The molecule has 1 aromatic rings. The maximum atomic E-state index is 10.5. The molecular formula is C10H12NO3-. The van der Waals surface area contributed by atoms with Gasteiger partial charge in [-0.15, -0.1) is 0 Å². The first kappa shape index (κ1) is 10.4. The lowest BCUT2D eigenvalue weighted by Crippen LogP contribution is -2.38. The van der Waals surface area contributed by atoms with Crippen LogP contribution < -0.4 is 15.2 Å². The molecule has 0 heterocycles. The van der Waals surface area contributed by atoms with Crippen molar-refractivity contribution in [3.8, 4) is 5.75 Å². The van der Waals surface area contributed by atoms with E-state index in [1.807, 2.05) is 6.07 Å². The number of hydrogen-bond donors (Lipinski definition) is 1. The molecule has 76 valence electrons. The Morgan fingerprint density at radius 3 is 2.71 bits per heavy atom. The van der Waals surface area contributed by atoms with Gasteiger partial charge in [0.05, 0.1) is 24.8 Å². The summed E-state index contributed by atoms with van der Waals surface area (Å²) >= 11 is 0. The fourth-order valence-corrected chi connectivity index (χ4v) is 1.06. The van der Waals surface area contributed by atoms with Gasteiger partial charge < -0.3 is 20.0 Å². The third-order valence-electron chi connectivity index (χ3n) is 1.83. The summed E-state index contributed by atoms with van der Waals surface area (Å²) in [5.41, 5.74) is 0.645. The summed E-state index contributed by atoms with van der Waals surface area (Å²) in [5, 5.41) is 13.3. The molecule has 0 amide bonds. The molecule has 0 saturated carbocycles. The number of hydrogen-bond acceptors (Lipinski definition) is 4. The van der Waals surface area contributed by atoms with Gasteiger partial charge in [0.15, 0.2) is 0 Å². The number of carbonyl (C=O) groups excluding carboxylic acids is 1.